The van der Waals surface area contributed by atoms with Crippen molar-refractivity contribution < 1.29 is 18.3 Å². The van der Waals surface area contributed by atoms with Gasteiger partial charge >= 0.3 is 6.18 Å². The van der Waals surface area contributed by atoms with Crippen LogP contribution in [0.1, 0.15) is 31.2 Å². The number of hydrogen-bond donors (Lipinski definition) is 3. The Morgan fingerprint density at radius 1 is 1.07 bits per heavy atom. The number of benzene rings is 1. The molecular formula is C19H20F3N5O. The van der Waals surface area contributed by atoms with E-state index in [0.717, 1.165) is 37.2 Å². The van der Waals surface area contributed by atoms with Gasteiger partial charge in [0.05, 0.1) is 11.7 Å². The highest BCUT2D eigenvalue weighted by atomic mass is 19.4. The number of halogens is 3. The van der Waals surface area contributed by atoms with E-state index in [-0.39, 0.29) is 18.1 Å². The number of aromatic nitrogens is 3. The van der Waals surface area contributed by atoms with Gasteiger partial charge in [0.1, 0.15) is 5.82 Å². The number of anilines is 3. The Labute approximate surface area is 159 Å². The van der Waals surface area contributed by atoms with Crippen LogP contribution in [0.5, 0.6) is 0 Å². The normalized spacial score (nSPS) is 20.3. The standard InChI is InChI=1S/C19H20F3N5O/c20-19(21,22)12-7-9-13(10-8-12)24-18-25-17-6-2-5-16(27(17)26-18)23-14-3-1-4-15(28)11-14/h2,5-10,14-15,23,28H,1,3-4,11H2,(H,24,26)/t14-,15+/m0/s1. The Morgan fingerprint density at radius 2 is 1.86 bits per heavy atom. The van der Waals surface area contributed by atoms with Gasteiger partial charge in [-0.25, -0.2) is 0 Å². The Morgan fingerprint density at radius 3 is 2.57 bits per heavy atom. The number of nitrogens with zero attached hydrogens (tertiary/aromatic N) is 3. The van der Waals surface area contributed by atoms with Crippen molar-refractivity contribution in [3.63, 3.8) is 0 Å². The van der Waals surface area contributed by atoms with Crippen molar-refractivity contribution in [3.8, 4) is 0 Å². The van der Waals surface area contributed by atoms with Crippen LogP contribution in [0.3, 0.4) is 0 Å². The Balaban J connectivity index is 1.53. The summed E-state index contributed by atoms with van der Waals surface area (Å²) in [7, 11) is 0. The van der Waals surface area contributed by atoms with E-state index in [9.17, 15) is 18.3 Å². The third kappa shape index (κ3) is 4.04. The molecule has 1 fully saturated rings. The van der Waals surface area contributed by atoms with E-state index in [1.807, 2.05) is 12.1 Å². The molecule has 1 aliphatic rings. The van der Waals surface area contributed by atoms with Crippen LogP contribution < -0.4 is 10.6 Å². The molecule has 0 saturated heterocycles. The molecule has 6 nitrogen and oxygen atoms in total. The molecule has 0 aliphatic heterocycles. The summed E-state index contributed by atoms with van der Waals surface area (Å²) in [6.45, 7) is 0. The van der Waals surface area contributed by atoms with Gasteiger partial charge < -0.3 is 15.7 Å². The molecule has 1 aliphatic carbocycles. The lowest BCUT2D eigenvalue weighted by Crippen LogP contribution is -2.30. The zero-order valence-electron chi connectivity index (χ0n) is 14.9. The fourth-order valence-electron chi connectivity index (χ4n) is 3.44. The lowest BCUT2D eigenvalue weighted by atomic mass is 9.93. The number of aliphatic hydroxyl groups is 1. The molecule has 28 heavy (non-hydrogen) atoms. The monoisotopic (exact) mass is 391 g/mol. The summed E-state index contributed by atoms with van der Waals surface area (Å²) in [5, 5.41) is 20.6. The third-order valence-corrected chi connectivity index (χ3v) is 4.83. The number of alkyl halides is 3. The minimum Gasteiger partial charge on any atom is -0.393 e. The van der Waals surface area contributed by atoms with Crippen LogP contribution >= 0.6 is 0 Å². The second kappa shape index (κ2) is 7.31. The van der Waals surface area contributed by atoms with Crippen LogP contribution in [-0.2, 0) is 6.18 Å². The van der Waals surface area contributed by atoms with Crippen LogP contribution in [0, 0.1) is 0 Å². The first-order valence-corrected chi connectivity index (χ1v) is 9.13. The molecule has 9 heteroatoms. The molecule has 4 rings (SSSR count). The van der Waals surface area contributed by atoms with Crippen LogP contribution in [0.15, 0.2) is 42.5 Å². The molecule has 2 heterocycles. The first kappa shape index (κ1) is 18.5. The maximum Gasteiger partial charge on any atom is 0.416 e. The molecule has 0 bridgehead atoms. The number of pyridine rings is 1. The van der Waals surface area contributed by atoms with E-state index >= 15 is 0 Å². The molecule has 2 atom stereocenters. The van der Waals surface area contributed by atoms with Gasteiger partial charge in [-0.05, 0) is 62.1 Å². The molecular weight excluding hydrogens is 371 g/mol. The van der Waals surface area contributed by atoms with E-state index in [1.54, 1.807) is 10.6 Å². The Bertz CT molecular complexity index is 954. The molecule has 0 radical (unpaired) electrons. The van der Waals surface area contributed by atoms with E-state index in [0.29, 0.717) is 17.8 Å². The van der Waals surface area contributed by atoms with Gasteiger partial charge in [-0.2, -0.15) is 22.7 Å². The van der Waals surface area contributed by atoms with Crippen molar-refractivity contribution >= 4 is 23.1 Å². The molecule has 0 amide bonds. The lowest BCUT2D eigenvalue weighted by Gasteiger charge is -2.27. The minimum atomic E-state index is -4.37. The van der Waals surface area contributed by atoms with Crippen LogP contribution in [0.2, 0.25) is 0 Å². The molecule has 2 aromatic heterocycles. The first-order valence-electron chi connectivity index (χ1n) is 9.13. The van der Waals surface area contributed by atoms with Crippen molar-refractivity contribution in [1.29, 1.82) is 0 Å². The molecule has 3 N–H and O–H groups in total. The van der Waals surface area contributed by atoms with Crippen molar-refractivity contribution in [2.45, 2.75) is 44.0 Å². The Kier molecular flexibility index (Phi) is 4.84. The second-order valence-electron chi connectivity index (χ2n) is 6.98. The second-order valence-corrected chi connectivity index (χ2v) is 6.98. The summed E-state index contributed by atoms with van der Waals surface area (Å²) in [5.41, 5.74) is 0.367. The topological polar surface area (TPSA) is 74.5 Å². The summed E-state index contributed by atoms with van der Waals surface area (Å²) in [5.74, 6) is 1.04. The maximum atomic E-state index is 12.7. The van der Waals surface area contributed by atoms with E-state index in [4.69, 9.17) is 0 Å². The highest BCUT2D eigenvalue weighted by molar-refractivity contribution is 5.58. The van der Waals surface area contributed by atoms with Gasteiger partial charge in [0.25, 0.3) is 0 Å². The van der Waals surface area contributed by atoms with Gasteiger partial charge in [0, 0.05) is 11.7 Å². The molecule has 0 unspecified atom stereocenters. The zero-order chi connectivity index (χ0) is 19.7. The van der Waals surface area contributed by atoms with Gasteiger partial charge in [0.15, 0.2) is 5.65 Å². The van der Waals surface area contributed by atoms with Crippen molar-refractivity contribution in [2.75, 3.05) is 10.6 Å². The molecule has 148 valence electrons. The largest absolute Gasteiger partial charge is 0.416 e. The summed E-state index contributed by atoms with van der Waals surface area (Å²) in [6, 6.07) is 10.4. The molecule has 3 aromatic rings. The van der Waals surface area contributed by atoms with Crippen LogP contribution in [0.25, 0.3) is 5.65 Å². The SMILES string of the molecule is O[C@@H]1CCC[C@H](Nc2cccc3nc(Nc4ccc(C(F)(F)F)cc4)nn23)C1. The van der Waals surface area contributed by atoms with Gasteiger partial charge in [0.2, 0.25) is 5.95 Å². The average Bonchev–Trinajstić information content (AvgIpc) is 3.05. The number of fused-ring (bicyclic) bond motifs is 1. The van der Waals surface area contributed by atoms with E-state index in [2.05, 4.69) is 20.7 Å². The number of hydrogen-bond acceptors (Lipinski definition) is 5. The summed E-state index contributed by atoms with van der Waals surface area (Å²) in [6.07, 6.45) is -1.22. The highest BCUT2D eigenvalue weighted by Gasteiger charge is 2.30. The zero-order valence-corrected chi connectivity index (χ0v) is 14.9. The fourth-order valence-corrected chi connectivity index (χ4v) is 3.44. The van der Waals surface area contributed by atoms with Gasteiger partial charge in [-0.3, -0.25) is 0 Å². The predicted molar refractivity (Wildman–Crippen MR) is 99.6 cm³/mol. The van der Waals surface area contributed by atoms with Crippen molar-refractivity contribution in [1.82, 2.24) is 14.6 Å². The summed E-state index contributed by atoms with van der Waals surface area (Å²) in [4.78, 5) is 4.38. The van der Waals surface area contributed by atoms with Crippen molar-refractivity contribution in [2.24, 2.45) is 0 Å². The summed E-state index contributed by atoms with van der Waals surface area (Å²) < 4.78 is 39.7. The molecule has 0 spiro atoms. The summed E-state index contributed by atoms with van der Waals surface area (Å²) >= 11 is 0. The predicted octanol–water partition coefficient (Wildman–Crippen LogP) is 4.21. The average molecular weight is 391 g/mol. The third-order valence-electron chi connectivity index (χ3n) is 4.83. The lowest BCUT2D eigenvalue weighted by molar-refractivity contribution is -0.137. The van der Waals surface area contributed by atoms with E-state index < -0.39 is 11.7 Å². The van der Waals surface area contributed by atoms with Crippen molar-refractivity contribution in [3.05, 3.63) is 48.0 Å². The number of nitrogens with one attached hydrogen (secondary N) is 2. The van der Waals surface area contributed by atoms with Crippen LogP contribution in [0.4, 0.5) is 30.6 Å². The molecule has 1 aromatic carbocycles. The smallest absolute Gasteiger partial charge is 0.393 e. The first-order chi connectivity index (χ1) is 13.4. The molecule has 1 saturated carbocycles. The van der Waals surface area contributed by atoms with Gasteiger partial charge in [-0.1, -0.05) is 6.07 Å². The maximum absolute atomic E-state index is 12.7. The van der Waals surface area contributed by atoms with Gasteiger partial charge in [-0.15, -0.1) is 5.10 Å². The quantitative estimate of drug-likeness (QED) is 0.621. The van der Waals surface area contributed by atoms with Crippen LogP contribution in [-0.4, -0.2) is 31.9 Å². The number of aliphatic hydroxyl groups excluding tert-OH is 1. The number of rotatable bonds is 4. The minimum absolute atomic E-state index is 0.157. The van der Waals surface area contributed by atoms with E-state index in [1.165, 1.54) is 12.1 Å². The Hall–Kier alpha value is -2.81. The fraction of sp³-hybridized carbons (Fsp3) is 0.368. The highest BCUT2D eigenvalue weighted by Crippen LogP contribution is 2.30.